The molecule has 0 N–H and O–H groups in total. The minimum absolute atomic E-state index is 0.0150. The molecule has 0 aliphatic carbocycles. The molecular formula is C43H89N2O6P. The van der Waals surface area contributed by atoms with Gasteiger partial charge in [0, 0.05) is 26.6 Å². The van der Waals surface area contributed by atoms with E-state index < -0.39 is 13.9 Å². The highest BCUT2D eigenvalue weighted by atomic mass is 31.2. The second-order valence-electron chi connectivity index (χ2n) is 16.7. The summed E-state index contributed by atoms with van der Waals surface area (Å²) in [5.41, 5.74) is 0. The van der Waals surface area contributed by atoms with Crippen LogP contribution in [0.4, 0.5) is 0 Å². The van der Waals surface area contributed by atoms with Crippen LogP contribution in [0.1, 0.15) is 206 Å². The van der Waals surface area contributed by atoms with Crippen LogP contribution in [-0.2, 0) is 23.1 Å². The molecule has 312 valence electrons. The average Bonchev–Trinajstić information content (AvgIpc) is 3.08. The number of phosphoric acid groups is 1. The minimum atomic E-state index is -4.54. The predicted molar refractivity (Wildman–Crippen MR) is 220 cm³/mol. The molecule has 0 radical (unpaired) electrons. The first-order chi connectivity index (χ1) is 25.0. The zero-order chi connectivity index (χ0) is 38.6. The third kappa shape index (κ3) is 37.8. The van der Waals surface area contributed by atoms with Gasteiger partial charge in [0.05, 0.1) is 27.7 Å². The molecule has 0 spiro atoms. The van der Waals surface area contributed by atoms with Crippen LogP contribution in [-0.4, -0.2) is 82.5 Å². The number of phosphoric ester groups is 1. The molecule has 2 unspecified atom stereocenters. The largest absolute Gasteiger partial charge is 0.756 e. The Morgan fingerprint density at radius 3 is 1.35 bits per heavy atom. The average molecular weight is 761 g/mol. The second-order valence-corrected chi connectivity index (χ2v) is 18.0. The molecule has 0 saturated heterocycles. The maximum atomic E-state index is 12.9. The standard InChI is InChI=1S/C43H89N2O6P/c1-7-9-11-13-15-17-19-21-22-23-25-27-29-31-33-35-38-49-41-42(51-52(47,48)50-39-37-45(4,5)6)40-44(3)43(46)36-34-32-30-28-26-24-20-18-16-14-12-10-8-2/h42H,7-41H2,1-6H3. The first kappa shape index (κ1) is 51.5. The first-order valence-electron chi connectivity index (χ1n) is 22.3. The SMILES string of the molecule is CCCCCCCCCCCCCCCCCCOCC(CN(C)C(=O)CCCCCCCCCCCCCCC)OP(=O)([O-])OCC[N+](C)(C)C. The molecule has 0 aromatic heterocycles. The van der Waals surface area contributed by atoms with Crippen molar-refractivity contribution in [3.8, 4) is 0 Å². The van der Waals surface area contributed by atoms with Gasteiger partial charge in [-0.25, -0.2) is 0 Å². The quantitative estimate of drug-likeness (QED) is 0.0350. The van der Waals surface area contributed by atoms with Crippen molar-refractivity contribution in [3.05, 3.63) is 0 Å². The van der Waals surface area contributed by atoms with Gasteiger partial charge in [-0.1, -0.05) is 187 Å². The highest BCUT2D eigenvalue weighted by Crippen LogP contribution is 2.40. The molecule has 0 heterocycles. The van der Waals surface area contributed by atoms with Crippen LogP contribution in [0.25, 0.3) is 0 Å². The van der Waals surface area contributed by atoms with Crippen LogP contribution in [0.2, 0.25) is 0 Å². The van der Waals surface area contributed by atoms with E-state index in [1.165, 1.54) is 154 Å². The number of rotatable bonds is 41. The maximum absolute atomic E-state index is 12.9. The lowest BCUT2D eigenvalue weighted by molar-refractivity contribution is -0.870. The lowest BCUT2D eigenvalue weighted by Gasteiger charge is -2.31. The lowest BCUT2D eigenvalue weighted by Crippen LogP contribution is -2.39. The third-order valence-corrected chi connectivity index (χ3v) is 11.2. The molecule has 9 heteroatoms. The fraction of sp³-hybridized carbons (Fsp3) is 0.977. The zero-order valence-corrected chi connectivity index (χ0v) is 36.5. The first-order valence-corrected chi connectivity index (χ1v) is 23.7. The molecule has 0 rings (SSSR count). The number of carbonyl (C=O) groups is 1. The molecular weight excluding hydrogens is 671 g/mol. The number of hydrogen-bond donors (Lipinski definition) is 0. The van der Waals surface area contributed by atoms with Crippen molar-refractivity contribution in [1.82, 2.24) is 4.90 Å². The van der Waals surface area contributed by atoms with Gasteiger partial charge in [0.15, 0.2) is 0 Å². The molecule has 0 aromatic carbocycles. The monoisotopic (exact) mass is 761 g/mol. The molecule has 0 fully saturated rings. The van der Waals surface area contributed by atoms with Crippen LogP contribution in [0.5, 0.6) is 0 Å². The number of carbonyl (C=O) groups excluding carboxylic acids is 1. The summed E-state index contributed by atoms with van der Waals surface area (Å²) in [7, 11) is 3.12. The van der Waals surface area contributed by atoms with Gasteiger partial charge in [-0.2, -0.15) is 0 Å². The summed E-state index contributed by atoms with van der Waals surface area (Å²) in [5.74, 6) is 0.0150. The number of quaternary nitrogens is 1. The van der Waals surface area contributed by atoms with E-state index in [0.717, 1.165) is 32.1 Å². The summed E-state index contributed by atoms with van der Waals surface area (Å²) in [6.45, 7) is 5.94. The van der Waals surface area contributed by atoms with E-state index in [4.69, 9.17) is 13.8 Å². The number of likely N-dealkylation sites (N-methyl/N-ethyl adjacent to an activating group) is 2. The van der Waals surface area contributed by atoms with Gasteiger partial charge in [-0.15, -0.1) is 0 Å². The Hall–Kier alpha value is -0.500. The Morgan fingerprint density at radius 2 is 0.962 bits per heavy atom. The van der Waals surface area contributed by atoms with E-state index in [1.54, 1.807) is 11.9 Å². The Labute approximate surface area is 324 Å². The third-order valence-electron chi connectivity index (χ3n) is 10.1. The van der Waals surface area contributed by atoms with Gasteiger partial charge in [-0.05, 0) is 12.8 Å². The molecule has 0 aliphatic heterocycles. The number of nitrogens with zero attached hydrogens (tertiary/aromatic N) is 2. The normalized spacial score (nSPS) is 13.8. The Balaban J connectivity index is 4.28. The Kier molecular flexibility index (Phi) is 35.8. The smallest absolute Gasteiger partial charge is 0.268 e. The van der Waals surface area contributed by atoms with E-state index in [-0.39, 0.29) is 25.7 Å². The molecule has 0 saturated carbocycles. The van der Waals surface area contributed by atoms with Crippen LogP contribution in [0, 0.1) is 0 Å². The van der Waals surface area contributed by atoms with Gasteiger partial charge in [-0.3, -0.25) is 9.36 Å². The zero-order valence-electron chi connectivity index (χ0n) is 35.6. The van der Waals surface area contributed by atoms with Crippen molar-refractivity contribution >= 4 is 13.7 Å². The molecule has 0 aromatic rings. The second kappa shape index (κ2) is 36.2. The van der Waals surface area contributed by atoms with Crippen LogP contribution < -0.4 is 4.89 Å². The van der Waals surface area contributed by atoms with Crippen molar-refractivity contribution in [2.75, 3.05) is 61.1 Å². The molecule has 0 aliphatic rings. The van der Waals surface area contributed by atoms with Gasteiger partial charge in [0.1, 0.15) is 19.3 Å². The van der Waals surface area contributed by atoms with Gasteiger partial charge < -0.3 is 28.1 Å². The number of hydrogen-bond acceptors (Lipinski definition) is 6. The summed E-state index contributed by atoms with van der Waals surface area (Å²) >= 11 is 0. The Bertz CT molecular complexity index is 824. The van der Waals surface area contributed by atoms with Gasteiger partial charge in [0.2, 0.25) is 5.91 Å². The Morgan fingerprint density at radius 1 is 0.596 bits per heavy atom. The number of ether oxygens (including phenoxy) is 1. The molecule has 1 amide bonds. The van der Waals surface area contributed by atoms with Crippen molar-refractivity contribution < 1.29 is 32.5 Å². The fourth-order valence-corrected chi connectivity index (χ4v) is 7.47. The van der Waals surface area contributed by atoms with Gasteiger partial charge in [0.25, 0.3) is 7.82 Å². The molecule has 8 nitrogen and oxygen atoms in total. The van der Waals surface area contributed by atoms with E-state index in [1.807, 2.05) is 21.1 Å². The number of amides is 1. The van der Waals surface area contributed by atoms with E-state index in [2.05, 4.69) is 13.8 Å². The molecule has 52 heavy (non-hydrogen) atoms. The summed E-state index contributed by atoms with van der Waals surface area (Å²) < 4.78 is 29.8. The summed E-state index contributed by atoms with van der Waals surface area (Å²) in [6.07, 6.45) is 37.2. The molecule has 2 atom stereocenters. The van der Waals surface area contributed by atoms with Crippen molar-refractivity contribution in [2.45, 2.75) is 213 Å². The summed E-state index contributed by atoms with van der Waals surface area (Å²) in [5, 5.41) is 0. The van der Waals surface area contributed by atoms with Crippen molar-refractivity contribution in [2.24, 2.45) is 0 Å². The van der Waals surface area contributed by atoms with E-state index >= 15 is 0 Å². The topological polar surface area (TPSA) is 88.1 Å². The fourth-order valence-electron chi connectivity index (χ4n) is 6.62. The highest BCUT2D eigenvalue weighted by Gasteiger charge is 2.23. The highest BCUT2D eigenvalue weighted by molar-refractivity contribution is 7.45. The predicted octanol–water partition coefficient (Wildman–Crippen LogP) is 11.8. The van der Waals surface area contributed by atoms with Crippen LogP contribution in [0.15, 0.2) is 0 Å². The maximum Gasteiger partial charge on any atom is 0.268 e. The summed E-state index contributed by atoms with van der Waals surface area (Å²) in [6, 6.07) is 0. The number of unbranched alkanes of at least 4 members (excludes halogenated alkanes) is 27. The lowest BCUT2D eigenvalue weighted by atomic mass is 10.0. The van der Waals surface area contributed by atoms with Crippen LogP contribution >= 0.6 is 7.82 Å². The van der Waals surface area contributed by atoms with Crippen molar-refractivity contribution in [1.29, 1.82) is 0 Å². The van der Waals surface area contributed by atoms with E-state index in [9.17, 15) is 14.3 Å². The van der Waals surface area contributed by atoms with Crippen molar-refractivity contribution in [3.63, 3.8) is 0 Å². The minimum Gasteiger partial charge on any atom is -0.756 e. The van der Waals surface area contributed by atoms with Crippen LogP contribution in [0.3, 0.4) is 0 Å². The van der Waals surface area contributed by atoms with E-state index in [0.29, 0.717) is 24.1 Å². The van der Waals surface area contributed by atoms with Gasteiger partial charge >= 0.3 is 0 Å². The summed E-state index contributed by atoms with van der Waals surface area (Å²) in [4.78, 5) is 27.2. The molecule has 0 bridgehead atoms.